The SMILES string of the molecule is C[C@@H]1CN(c2sc(CO)nc2-c2nc3ccccc3[nH]2)CCN1C(=O)Cn1cnc2cccnc21. The number of carbonyl (C=O) groups excluding carboxylic acids is 1. The van der Waals surface area contributed by atoms with Gasteiger partial charge >= 0.3 is 0 Å². The molecule has 5 aromatic rings. The fourth-order valence-corrected chi connectivity index (χ4v) is 5.58. The van der Waals surface area contributed by atoms with E-state index in [9.17, 15) is 9.90 Å². The summed E-state index contributed by atoms with van der Waals surface area (Å²) in [6.45, 7) is 4.06. The second-order valence-electron chi connectivity index (χ2n) is 8.62. The molecule has 1 atom stereocenters. The highest BCUT2D eigenvalue weighted by Gasteiger charge is 2.31. The molecule has 0 saturated carbocycles. The summed E-state index contributed by atoms with van der Waals surface area (Å²) in [5, 5.41) is 11.4. The maximum Gasteiger partial charge on any atom is 0.242 e. The molecule has 1 aliphatic rings. The predicted octanol–water partition coefficient (Wildman–Crippen LogP) is 2.66. The molecule has 1 aromatic carbocycles. The zero-order valence-corrected chi connectivity index (χ0v) is 19.9. The average Bonchev–Trinajstić information content (AvgIpc) is 3.60. The first-order valence-corrected chi connectivity index (χ1v) is 12.3. The van der Waals surface area contributed by atoms with Crippen LogP contribution in [0.15, 0.2) is 48.9 Å². The van der Waals surface area contributed by atoms with Gasteiger partial charge in [-0.2, -0.15) is 0 Å². The fraction of sp³-hybridized carbons (Fsp3) is 0.292. The molecule has 0 aliphatic carbocycles. The Morgan fingerprint density at radius 3 is 2.83 bits per heavy atom. The Balaban J connectivity index is 1.22. The fourth-order valence-electron chi connectivity index (χ4n) is 4.62. The van der Waals surface area contributed by atoms with Crippen LogP contribution in [0.1, 0.15) is 11.9 Å². The molecule has 1 fully saturated rings. The number of benzene rings is 1. The summed E-state index contributed by atoms with van der Waals surface area (Å²) < 4.78 is 1.80. The van der Waals surface area contributed by atoms with Gasteiger partial charge in [0.05, 0.1) is 24.0 Å². The summed E-state index contributed by atoms with van der Waals surface area (Å²) >= 11 is 1.47. The van der Waals surface area contributed by atoms with Crippen molar-refractivity contribution in [3.63, 3.8) is 0 Å². The van der Waals surface area contributed by atoms with Crippen LogP contribution in [0, 0.1) is 0 Å². The maximum atomic E-state index is 13.2. The highest BCUT2D eigenvalue weighted by molar-refractivity contribution is 7.16. The van der Waals surface area contributed by atoms with E-state index in [-0.39, 0.29) is 25.1 Å². The van der Waals surface area contributed by atoms with Gasteiger partial charge in [-0.25, -0.2) is 19.9 Å². The lowest BCUT2D eigenvalue weighted by Crippen LogP contribution is -2.54. The number of aliphatic hydroxyl groups excluding tert-OH is 1. The van der Waals surface area contributed by atoms with Crippen molar-refractivity contribution in [3.8, 4) is 11.5 Å². The molecule has 1 amide bonds. The Morgan fingerprint density at radius 2 is 2.00 bits per heavy atom. The third-order valence-corrected chi connectivity index (χ3v) is 7.42. The van der Waals surface area contributed by atoms with Crippen molar-refractivity contribution < 1.29 is 9.90 Å². The average molecular weight is 489 g/mol. The summed E-state index contributed by atoms with van der Waals surface area (Å²) in [4.78, 5) is 38.8. The second-order valence-corrected chi connectivity index (χ2v) is 9.68. The molecule has 35 heavy (non-hydrogen) atoms. The zero-order valence-electron chi connectivity index (χ0n) is 19.1. The number of aromatic amines is 1. The van der Waals surface area contributed by atoms with Gasteiger partial charge in [0.1, 0.15) is 27.8 Å². The number of rotatable bonds is 5. The van der Waals surface area contributed by atoms with Crippen LogP contribution >= 0.6 is 11.3 Å². The van der Waals surface area contributed by atoms with E-state index in [1.54, 1.807) is 17.1 Å². The number of fused-ring (bicyclic) bond motifs is 2. The third-order valence-electron chi connectivity index (χ3n) is 6.32. The Kier molecular flexibility index (Phi) is 5.42. The molecule has 0 unspecified atom stereocenters. The standard InChI is InChI=1S/C24H24N8O2S/c1-15-11-30(9-10-32(15)20(34)12-31-14-26-18-7-4-8-25-23(18)31)24-21(29-19(13-33)35-24)22-27-16-5-2-3-6-17(16)28-22/h2-8,14-15,33H,9-13H2,1H3,(H,27,28)/t15-/m1/s1. The molecule has 5 heterocycles. The van der Waals surface area contributed by atoms with Crippen LogP contribution in [0.3, 0.4) is 0 Å². The lowest BCUT2D eigenvalue weighted by molar-refractivity contribution is -0.134. The first-order chi connectivity index (χ1) is 17.1. The van der Waals surface area contributed by atoms with Crippen LogP contribution < -0.4 is 4.90 Å². The van der Waals surface area contributed by atoms with Gasteiger partial charge in [0.15, 0.2) is 11.5 Å². The number of hydrogen-bond acceptors (Lipinski definition) is 8. The normalized spacial score (nSPS) is 16.5. The number of H-pyrrole nitrogens is 1. The number of para-hydroxylation sites is 2. The first-order valence-electron chi connectivity index (χ1n) is 11.5. The monoisotopic (exact) mass is 488 g/mol. The number of nitrogens with one attached hydrogen (secondary N) is 1. The van der Waals surface area contributed by atoms with E-state index in [4.69, 9.17) is 4.98 Å². The van der Waals surface area contributed by atoms with E-state index in [0.717, 1.165) is 27.2 Å². The molecule has 0 bridgehead atoms. The van der Waals surface area contributed by atoms with Crippen LogP contribution in [0.2, 0.25) is 0 Å². The van der Waals surface area contributed by atoms with Crippen molar-refractivity contribution in [1.29, 1.82) is 0 Å². The molecule has 11 heteroatoms. The van der Waals surface area contributed by atoms with E-state index in [1.807, 2.05) is 41.3 Å². The van der Waals surface area contributed by atoms with E-state index in [0.29, 0.717) is 36.1 Å². The largest absolute Gasteiger partial charge is 0.389 e. The summed E-state index contributed by atoms with van der Waals surface area (Å²) in [5.74, 6) is 0.725. The molecular weight excluding hydrogens is 464 g/mol. The second kappa shape index (κ2) is 8.75. The lowest BCUT2D eigenvalue weighted by atomic mass is 10.2. The zero-order chi connectivity index (χ0) is 23.9. The van der Waals surface area contributed by atoms with Gasteiger partial charge in [0, 0.05) is 31.9 Å². The molecular formula is C24H24N8O2S. The molecule has 6 rings (SSSR count). The number of hydrogen-bond donors (Lipinski definition) is 2. The molecule has 0 spiro atoms. The van der Waals surface area contributed by atoms with Crippen molar-refractivity contribution in [2.24, 2.45) is 0 Å². The van der Waals surface area contributed by atoms with Crippen molar-refractivity contribution >= 4 is 44.4 Å². The minimum absolute atomic E-state index is 0.00203. The summed E-state index contributed by atoms with van der Waals surface area (Å²) in [7, 11) is 0. The quantitative estimate of drug-likeness (QED) is 0.391. The highest BCUT2D eigenvalue weighted by Crippen LogP contribution is 2.37. The number of imidazole rings is 2. The molecule has 4 aromatic heterocycles. The highest BCUT2D eigenvalue weighted by atomic mass is 32.1. The van der Waals surface area contributed by atoms with Gasteiger partial charge < -0.3 is 24.5 Å². The van der Waals surface area contributed by atoms with Gasteiger partial charge in [-0.15, -0.1) is 0 Å². The van der Waals surface area contributed by atoms with E-state index in [1.165, 1.54) is 11.3 Å². The van der Waals surface area contributed by atoms with Crippen molar-refractivity contribution in [3.05, 3.63) is 53.9 Å². The molecule has 2 N–H and O–H groups in total. The van der Waals surface area contributed by atoms with Crippen LogP contribution in [-0.2, 0) is 17.9 Å². The summed E-state index contributed by atoms with van der Waals surface area (Å²) in [6, 6.07) is 11.6. The van der Waals surface area contributed by atoms with Crippen LogP contribution in [-0.4, -0.2) is 71.1 Å². The minimum Gasteiger partial charge on any atom is -0.389 e. The molecule has 1 aliphatic heterocycles. The van der Waals surface area contributed by atoms with Crippen molar-refractivity contribution in [1.82, 2.24) is 34.4 Å². The van der Waals surface area contributed by atoms with Gasteiger partial charge in [-0.05, 0) is 31.2 Å². The smallest absolute Gasteiger partial charge is 0.242 e. The summed E-state index contributed by atoms with van der Waals surface area (Å²) in [5.41, 5.74) is 4.04. The van der Waals surface area contributed by atoms with Gasteiger partial charge in [-0.3, -0.25) is 4.79 Å². The van der Waals surface area contributed by atoms with Crippen molar-refractivity contribution in [2.45, 2.75) is 26.1 Å². The van der Waals surface area contributed by atoms with E-state index < -0.39 is 0 Å². The lowest BCUT2D eigenvalue weighted by Gasteiger charge is -2.40. The molecule has 0 radical (unpaired) electrons. The number of aromatic nitrogens is 6. The molecule has 178 valence electrons. The van der Waals surface area contributed by atoms with E-state index >= 15 is 0 Å². The predicted molar refractivity (Wildman–Crippen MR) is 134 cm³/mol. The number of anilines is 1. The molecule has 10 nitrogen and oxygen atoms in total. The van der Waals surface area contributed by atoms with Gasteiger partial charge in [-0.1, -0.05) is 23.5 Å². The third kappa shape index (κ3) is 3.92. The minimum atomic E-state index is -0.126. The van der Waals surface area contributed by atoms with Crippen molar-refractivity contribution in [2.75, 3.05) is 24.5 Å². The number of amides is 1. The number of nitrogens with zero attached hydrogens (tertiary/aromatic N) is 7. The Labute approximate surface area is 204 Å². The number of pyridine rings is 1. The summed E-state index contributed by atoms with van der Waals surface area (Å²) in [6.07, 6.45) is 3.38. The van der Waals surface area contributed by atoms with Crippen LogP contribution in [0.5, 0.6) is 0 Å². The Bertz CT molecular complexity index is 1490. The first kappa shape index (κ1) is 21.7. The number of aliphatic hydroxyl groups is 1. The van der Waals surface area contributed by atoms with Crippen LogP contribution in [0.4, 0.5) is 5.00 Å². The Hall–Kier alpha value is -3.83. The number of piperazine rings is 1. The number of carbonyl (C=O) groups is 1. The molecule has 1 saturated heterocycles. The van der Waals surface area contributed by atoms with Crippen LogP contribution in [0.25, 0.3) is 33.7 Å². The maximum absolute atomic E-state index is 13.2. The van der Waals surface area contributed by atoms with E-state index in [2.05, 4.69) is 31.8 Å². The number of thiazole rings is 1. The van der Waals surface area contributed by atoms with Gasteiger partial charge in [0.25, 0.3) is 0 Å². The Morgan fingerprint density at radius 1 is 1.14 bits per heavy atom. The topological polar surface area (TPSA) is 116 Å². The van der Waals surface area contributed by atoms with Gasteiger partial charge in [0.2, 0.25) is 5.91 Å².